The van der Waals surface area contributed by atoms with E-state index in [0.717, 1.165) is 5.56 Å². The van der Waals surface area contributed by atoms with Crippen LogP contribution in [-0.2, 0) is 6.54 Å². The summed E-state index contributed by atoms with van der Waals surface area (Å²) in [6.07, 6.45) is 1.67. The molecule has 0 saturated heterocycles. The van der Waals surface area contributed by atoms with Crippen LogP contribution in [0.5, 0.6) is 0 Å². The third-order valence-corrected chi connectivity index (χ3v) is 4.29. The summed E-state index contributed by atoms with van der Waals surface area (Å²) < 4.78 is 1.58. The smallest absolute Gasteiger partial charge is 0.270 e. The Bertz CT molecular complexity index is 967. The molecule has 7 nitrogen and oxygen atoms in total. The highest BCUT2D eigenvalue weighted by Gasteiger charge is 2.13. The number of nitro benzene ring substituents is 1. The zero-order valence-electron chi connectivity index (χ0n) is 13.2. The Morgan fingerprint density at radius 3 is 2.54 bits per heavy atom. The molecule has 0 aliphatic heterocycles. The number of rotatable bonds is 5. The van der Waals surface area contributed by atoms with E-state index in [-0.39, 0.29) is 11.3 Å². The van der Waals surface area contributed by atoms with Gasteiger partial charge in [0.25, 0.3) is 11.6 Å². The van der Waals surface area contributed by atoms with E-state index in [1.165, 1.54) is 24.3 Å². The normalized spacial score (nSPS) is 10.5. The Morgan fingerprint density at radius 2 is 1.85 bits per heavy atom. The number of nitrogens with one attached hydrogen (secondary N) is 1. The van der Waals surface area contributed by atoms with Crippen LogP contribution >= 0.6 is 23.2 Å². The first-order valence-electron chi connectivity index (χ1n) is 7.46. The monoisotopic (exact) mass is 390 g/mol. The number of halogens is 2. The lowest BCUT2D eigenvalue weighted by Crippen LogP contribution is -2.13. The molecule has 132 valence electrons. The average molecular weight is 391 g/mol. The largest absolute Gasteiger partial charge is 0.305 e. The zero-order valence-corrected chi connectivity index (χ0v) is 14.7. The minimum absolute atomic E-state index is 0.156. The molecule has 0 atom stereocenters. The first-order chi connectivity index (χ1) is 12.4. The average Bonchev–Trinajstić information content (AvgIpc) is 3.05. The molecule has 1 aromatic heterocycles. The highest BCUT2D eigenvalue weighted by atomic mass is 35.5. The summed E-state index contributed by atoms with van der Waals surface area (Å²) >= 11 is 12.3. The minimum Gasteiger partial charge on any atom is -0.305 e. The molecule has 1 heterocycles. The maximum Gasteiger partial charge on any atom is 0.270 e. The first kappa shape index (κ1) is 17.9. The van der Waals surface area contributed by atoms with Crippen molar-refractivity contribution < 1.29 is 9.72 Å². The molecule has 1 N–H and O–H groups in total. The van der Waals surface area contributed by atoms with Crippen LogP contribution in [0.4, 0.5) is 11.5 Å². The van der Waals surface area contributed by atoms with Crippen LogP contribution in [0.25, 0.3) is 0 Å². The van der Waals surface area contributed by atoms with Crippen molar-refractivity contribution in [1.82, 2.24) is 9.78 Å². The minimum atomic E-state index is -0.557. The lowest BCUT2D eigenvalue weighted by Gasteiger charge is -2.07. The number of hydrogen-bond donors (Lipinski definition) is 1. The van der Waals surface area contributed by atoms with Gasteiger partial charge in [-0.15, -0.1) is 0 Å². The molecule has 0 bridgehead atoms. The van der Waals surface area contributed by atoms with E-state index in [4.69, 9.17) is 23.2 Å². The highest BCUT2D eigenvalue weighted by molar-refractivity contribution is 6.35. The van der Waals surface area contributed by atoms with E-state index >= 15 is 0 Å². The second kappa shape index (κ2) is 7.55. The lowest BCUT2D eigenvalue weighted by molar-refractivity contribution is -0.384. The molecule has 26 heavy (non-hydrogen) atoms. The molecule has 0 aliphatic carbocycles. The van der Waals surface area contributed by atoms with Gasteiger partial charge in [0.1, 0.15) is 0 Å². The Morgan fingerprint density at radius 1 is 1.15 bits per heavy atom. The second-order valence-electron chi connectivity index (χ2n) is 5.36. The van der Waals surface area contributed by atoms with E-state index in [9.17, 15) is 14.9 Å². The summed E-state index contributed by atoms with van der Waals surface area (Å²) in [5.74, 6) is -0.181. The molecule has 0 unspecified atom stereocenters. The molecule has 1 amide bonds. The van der Waals surface area contributed by atoms with E-state index in [2.05, 4.69) is 10.4 Å². The van der Waals surface area contributed by atoms with Crippen molar-refractivity contribution in [1.29, 1.82) is 0 Å². The van der Waals surface area contributed by atoms with Crippen molar-refractivity contribution >= 4 is 40.6 Å². The number of aromatic nitrogens is 2. The van der Waals surface area contributed by atoms with Gasteiger partial charge in [-0.2, -0.15) is 5.10 Å². The number of amides is 1. The van der Waals surface area contributed by atoms with Gasteiger partial charge in [0.15, 0.2) is 5.82 Å². The van der Waals surface area contributed by atoms with Crippen molar-refractivity contribution in [2.24, 2.45) is 0 Å². The number of hydrogen-bond acceptors (Lipinski definition) is 4. The summed E-state index contributed by atoms with van der Waals surface area (Å²) in [5, 5.41) is 18.7. The summed E-state index contributed by atoms with van der Waals surface area (Å²) in [6, 6.07) is 12.3. The van der Waals surface area contributed by atoms with Crippen molar-refractivity contribution in [3.05, 3.63) is 86.0 Å². The third-order valence-electron chi connectivity index (χ3n) is 3.58. The second-order valence-corrected chi connectivity index (χ2v) is 6.17. The number of non-ortho nitro benzene ring substituents is 1. The Balaban J connectivity index is 1.73. The number of nitrogens with zero attached hydrogens (tertiary/aromatic N) is 3. The maximum atomic E-state index is 12.2. The SMILES string of the molecule is O=C(Nc1ccn(Cc2c(Cl)cccc2Cl)n1)c1cccc([N+](=O)[O-])c1. The molecule has 3 aromatic rings. The van der Waals surface area contributed by atoms with Crippen LogP contribution in [0.2, 0.25) is 10.0 Å². The van der Waals surface area contributed by atoms with E-state index in [1.54, 1.807) is 35.1 Å². The standard InChI is InChI=1S/C17H12Cl2N4O3/c18-14-5-2-6-15(19)13(14)10-22-8-7-16(21-22)20-17(24)11-3-1-4-12(9-11)23(25)26/h1-9H,10H2,(H,20,21,24). The molecule has 2 aromatic carbocycles. The lowest BCUT2D eigenvalue weighted by atomic mass is 10.2. The van der Waals surface area contributed by atoms with Crippen molar-refractivity contribution in [2.75, 3.05) is 5.32 Å². The Hall–Kier alpha value is -2.90. The summed E-state index contributed by atoms with van der Waals surface area (Å²) in [5.41, 5.74) is 0.731. The van der Waals surface area contributed by atoms with Gasteiger partial charge in [-0.05, 0) is 18.2 Å². The van der Waals surface area contributed by atoms with Crippen LogP contribution in [0, 0.1) is 10.1 Å². The van der Waals surface area contributed by atoms with Crippen molar-refractivity contribution in [3.63, 3.8) is 0 Å². The van der Waals surface area contributed by atoms with Crippen molar-refractivity contribution in [2.45, 2.75) is 6.54 Å². The van der Waals surface area contributed by atoms with Gasteiger partial charge in [0, 0.05) is 45.6 Å². The molecule has 0 fully saturated rings. The molecular formula is C17H12Cl2N4O3. The van der Waals surface area contributed by atoms with Gasteiger partial charge in [0.05, 0.1) is 11.5 Å². The van der Waals surface area contributed by atoms with Crippen LogP contribution in [-0.4, -0.2) is 20.6 Å². The molecule has 0 saturated carbocycles. The molecule has 0 spiro atoms. The van der Waals surface area contributed by atoms with Crippen LogP contribution in [0.15, 0.2) is 54.7 Å². The van der Waals surface area contributed by atoms with E-state index < -0.39 is 10.8 Å². The van der Waals surface area contributed by atoms with E-state index in [1.807, 2.05) is 0 Å². The molecule has 3 rings (SSSR count). The molecular weight excluding hydrogens is 379 g/mol. The summed E-state index contributed by atoms with van der Waals surface area (Å²) in [4.78, 5) is 22.5. The quantitative estimate of drug-likeness (QED) is 0.516. The Kier molecular flexibility index (Phi) is 5.20. The van der Waals surface area contributed by atoms with Gasteiger partial charge < -0.3 is 5.32 Å². The third kappa shape index (κ3) is 4.01. The predicted octanol–water partition coefficient (Wildman–Crippen LogP) is 4.40. The number of benzene rings is 2. The summed E-state index contributed by atoms with van der Waals surface area (Å²) in [6.45, 7) is 0.338. The number of nitro groups is 1. The maximum absolute atomic E-state index is 12.2. The molecule has 9 heteroatoms. The van der Waals surface area contributed by atoms with Gasteiger partial charge in [-0.25, -0.2) is 0 Å². The number of carbonyl (C=O) groups is 1. The highest BCUT2D eigenvalue weighted by Crippen LogP contribution is 2.25. The zero-order chi connectivity index (χ0) is 18.7. The van der Waals surface area contributed by atoms with Gasteiger partial charge in [-0.3, -0.25) is 19.6 Å². The number of anilines is 1. The first-order valence-corrected chi connectivity index (χ1v) is 8.22. The van der Waals surface area contributed by atoms with Gasteiger partial charge in [-0.1, -0.05) is 35.3 Å². The number of carbonyl (C=O) groups excluding carboxylic acids is 1. The van der Waals surface area contributed by atoms with Gasteiger partial charge >= 0.3 is 0 Å². The van der Waals surface area contributed by atoms with Crippen molar-refractivity contribution in [3.8, 4) is 0 Å². The van der Waals surface area contributed by atoms with Crippen LogP contribution in [0.3, 0.4) is 0 Å². The summed E-state index contributed by atoms with van der Waals surface area (Å²) in [7, 11) is 0. The molecule has 0 radical (unpaired) electrons. The topological polar surface area (TPSA) is 90.1 Å². The van der Waals surface area contributed by atoms with Gasteiger partial charge in [0.2, 0.25) is 0 Å². The van der Waals surface area contributed by atoms with E-state index in [0.29, 0.717) is 22.4 Å². The fourth-order valence-electron chi connectivity index (χ4n) is 2.31. The van der Waals surface area contributed by atoms with Crippen LogP contribution < -0.4 is 5.32 Å². The fourth-order valence-corrected chi connectivity index (χ4v) is 2.83. The predicted molar refractivity (Wildman–Crippen MR) is 98.8 cm³/mol. The van der Waals surface area contributed by atoms with Crippen LogP contribution in [0.1, 0.15) is 15.9 Å². The molecule has 0 aliphatic rings. The fraction of sp³-hybridized carbons (Fsp3) is 0.0588. The Labute approximate surface area is 158 Å².